The van der Waals surface area contributed by atoms with Gasteiger partial charge in [-0.15, -0.1) is 6.58 Å². The predicted molar refractivity (Wildman–Crippen MR) is 102 cm³/mol. The fraction of sp³-hybridized carbons (Fsp3) is 0.0952. The zero-order chi connectivity index (χ0) is 18.3. The first-order valence-corrected chi connectivity index (χ1v) is 8.24. The number of benzene rings is 2. The Labute approximate surface area is 148 Å². The van der Waals surface area contributed by atoms with Crippen LogP contribution in [-0.2, 0) is 6.54 Å². The van der Waals surface area contributed by atoms with E-state index in [1.807, 2.05) is 31.2 Å². The third-order valence-corrected chi connectivity index (χ3v) is 4.32. The van der Waals surface area contributed by atoms with E-state index in [2.05, 4.69) is 11.6 Å². The summed E-state index contributed by atoms with van der Waals surface area (Å²) in [4.78, 5) is 30.4. The summed E-state index contributed by atoms with van der Waals surface area (Å²) in [6.45, 7) is 5.94. The summed E-state index contributed by atoms with van der Waals surface area (Å²) in [6.07, 6.45) is 1.61. The molecule has 0 atom stereocenters. The Kier molecular flexibility index (Phi) is 3.77. The van der Waals surface area contributed by atoms with Crippen LogP contribution in [-0.4, -0.2) is 9.55 Å². The van der Waals surface area contributed by atoms with Crippen molar-refractivity contribution in [3.05, 3.63) is 87.3 Å². The fourth-order valence-corrected chi connectivity index (χ4v) is 3.01. The van der Waals surface area contributed by atoms with Gasteiger partial charge in [0, 0.05) is 12.1 Å². The van der Waals surface area contributed by atoms with Crippen LogP contribution in [0.2, 0.25) is 0 Å². The summed E-state index contributed by atoms with van der Waals surface area (Å²) >= 11 is 0. The van der Waals surface area contributed by atoms with Gasteiger partial charge in [0.2, 0.25) is 11.1 Å². The summed E-state index contributed by atoms with van der Waals surface area (Å²) in [5.74, 6) is 0.445. The second-order valence-electron chi connectivity index (χ2n) is 6.11. The second-order valence-corrected chi connectivity index (χ2v) is 6.11. The first-order chi connectivity index (χ1) is 12.6. The number of hydrogen-bond donors (Lipinski definition) is 0. The quantitative estimate of drug-likeness (QED) is 0.420. The molecule has 5 heteroatoms. The number of allylic oxidation sites excluding steroid dienone is 1. The zero-order valence-corrected chi connectivity index (χ0v) is 14.2. The lowest BCUT2D eigenvalue weighted by atomic mass is 10.1. The van der Waals surface area contributed by atoms with Gasteiger partial charge in [0.15, 0.2) is 5.39 Å². The van der Waals surface area contributed by atoms with Crippen molar-refractivity contribution in [3.63, 3.8) is 0 Å². The van der Waals surface area contributed by atoms with E-state index in [4.69, 9.17) is 4.42 Å². The SMILES string of the molecule is C=CCn1c(-c2ccc(C)cc2)nc2oc3ccccc3c(=O)c2c1=O. The number of aryl methyl sites for hydroxylation is 1. The average molecular weight is 344 g/mol. The highest BCUT2D eigenvalue weighted by Crippen LogP contribution is 2.21. The van der Waals surface area contributed by atoms with Crippen molar-refractivity contribution in [3.8, 4) is 11.4 Å². The van der Waals surface area contributed by atoms with Gasteiger partial charge in [-0.05, 0) is 19.1 Å². The van der Waals surface area contributed by atoms with Gasteiger partial charge in [-0.3, -0.25) is 14.2 Å². The minimum absolute atomic E-state index is 0.0404. The standard InChI is InChI=1S/C21H16N2O3/c1-3-12-23-19(14-10-8-13(2)9-11-14)22-20-17(21(23)25)18(24)15-6-4-5-7-16(15)26-20/h3-11H,1,12H2,2H3. The Bertz CT molecular complexity index is 1260. The molecule has 0 amide bonds. The van der Waals surface area contributed by atoms with Gasteiger partial charge < -0.3 is 4.42 Å². The summed E-state index contributed by atoms with van der Waals surface area (Å²) in [7, 11) is 0. The molecule has 0 unspecified atom stereocenters. The Hall–Kier alpha value is -3.47. The van der Waals surface area contributed by atoms with Crippen LogP contribution in [0, 0.1) is 6.92 Å². The number of hydrogen-bond acceptors (Lipinski definition) is 4. The van der Waals surface area contributed by atoms with Crippen LogP contribution < -0.4 is 11.0 Å². The van der Waals surface area contributed by atoms with Gasteiger partial charge in [-0.2, -0.15) is 4.98 Å². The second kappa shape index (κ2) is 6.11. The number of para-hydroxylation sites is 1. The fourth-order valence-electron chi connectivity index (χ4n) is 3.01. The van der Waals surface area contributed by atoms with E-state index in [0.29, 0.717) is 16.8 Å². The first kappa shape index (κ1) is 16.0. The average Bonchev–Trinajstić information content (AvgIpc) is 2.64. The third-order valence-electron chi connectivity index (χ3n) is 4.32. The molecule has 4 aromatic rings. The monoisotopic (exact) mass is 344 g/mol. The molecule has 4 rings (SSSR count). The van der Waals surface area contributed by atoms with E-state index in [1.165, 1.54) is 4.57 Å². The van der Waals surface area contributed by atoms with E-state index in [1.54, 1.807) is 30.3 Å². The van der Waals surface area contributed by atoms with Gasteiger partial charge in [0.05, 0.1) is 5.39 Å². The molecule has 0 aliphatic heterocycles. The summed E-state index contributed by atoms with van der Waals surface area (Å²) < 4.78 is 7.23. The predicted octanol–water partition coefficient (Wildman–Crippen LogP) is 3.66. The van der Waals surface area contributed by atoms with Crippen LogP contribution in [0.4, 0.5) is 0 Å². The zero-order valence-electron chi connectivity index (χ0n) is 14.2. The maximum atomic E-state index is 13.1. The highest BCUT2D eigenvalue weighted by Gasteiger charge is 2.18. The molecule has 0 saturated heterocycles. The minimum atomic E-state index is -0.426. The molecule has 0 fully saturated rings. The molecule has 26 heavy (non-hydrogen) atoms. The lowest BCUT2D eigenvalue weighted by molar-refractivity contribution is 0.636. The molecule has 2 heterocycles. The molecule has 0 aliphatic carbocycles. The van der Waals surface area contributed by atoms with E-state index < -0.39 is 5.56 Å². The van der Waals surface area contributed by atoms with Crippen LogP contribution >= 0.6 is 0 Å². The smallest absolute Gasteiger partial charge is 0.269 e. The van der Waals surface area contributed by atoms with Crippen LogP contribution in [0.15, 0.2) is 75.2 Å². The van der Waals surface area contributed by atoms with Crippen molar-refractivity contribution in [1.82, 2.24) is 9.55 Å². The van der Waals surface area contributed by atoms with Crippen LogP contribution in [0.1, 0.15) is 5.56 Å². The Morgan fingerprint density at radius 1 is 1.12 bits per heavy atom. The van der Waals surface area contributed by atoms with Crippen LogP contribution in [0.3, 0.4) is 0 Å². The van der Waals surface area contributed by atoms with Crippen LogP contribution in [0.25, 0.3) is 33.5 Å². The highest BCUT2D eigenvalue weighted by molar-refractivity contribution is 5.88. The van der Waals surface area contributed by atoms with E-state index in [9.17, 15) is 9.59 Å². The van der Waals surface area contributed by atoms with E-state index >= 15 is 0 Å². The molecule has 0 radical (unpaired) electrons. The van der Waals surface area contributed by atoms with E-state index in [-0.39, 0.29) is 23.1 Å². The largest absolute Gasteiger partial charge is 0.437 e. The molecule has 2 aromatic carbocycles. The van der Waals surface area contributed by atoms with Crippen molar-refractivity contribution in [2.24, 2.45) is 0 Å². The summed E-state index contributed by atoms with van der Waals surface area (Å²) in [5, 5.41) is 0.327. The number of fused-ring (bicyclic) bond motifs is 2. The lowest BCUT2D eigenvalue weighted by Crippen LogP contribution is -2.27. The molecule has 128 valence electrons. The number of nitrogens with zero attached hydrogens (tertiary/aromatic N) is 2. The maximum absolute atomic E-state index is 13.1. The Morgan fingerprint density at radius 3 is 2.58 bits per heavy atom. The lowest BCUT2D eigenvalue weighted by Gasteiger charge is -2.12. The van der Waals surface area contributed by atoms with Crippen molar-refractivity contribution in [1.29, 1.82) is 0 Å². The van der Waals surface area contributed by atoms with Gasteiger partial charge in [-0.1, -0.05) is 48.0 Å². The van der Waals surface area contributed by atoms with Crippen molar-refractivity contribution in [2.45, 2.75) is 13.5 Å². The molecule has 0 aliphatic rings. The summed E-state index contributed by atoms with van der Waals surface area (Å²) in [5.41, 5.74) is 1.54. The number of rotatable bonds is 3. The van der Waals surface area contributed by atoms with Crippen molar-refractivity contribution < 1.29 is 4.42 Å². The molecular weight excluding hydrogens is 328 g/mol. The molecule has 2 aromatic heterocycles. The Morgan fingerprint density at radius 2 is 1.85 bits per heavy atom. The minimum Gasteiger partial charge on any atom is -0.437 e. The van der Waals surface area contributed by atoms with Gasteiger partial charge in [-0.25, -0.2) is 0 Å². The third kappa shape index (κ3) is 2.45. The summed E-state index contributed by atoms with van der Waals surface area (Å²) in [6, 6.07) is 14.5. The topological polar surface area (TPSA) is 65.1 Å². The number of aromatic nitrogens is 2. The normalized spacial score (nSPS) is 11.1. The molecule has 0 spiro atoms. The Balaban J connectivity index is 2.15. The highest BCUT2D eigenvalue weighted by atomic mass is 16.3. The first-order valence-electron chi connectivity index (χ1n) is 8.24. The molecule has 5 nitrogen and oxygen atoms in total. The maximum Gasteiger partial charge on any atom is 0.269 e. The molecule has 0 N–H and O–H groups in total. The molecular formula is C21H16N2O3. The van der Waals surface area contributed by atoms with Gasteiger partial charge in [0.25, 0.3) is 5.56 Å². The molecule has 0 saturated carbocycles. The van der Waals surface area contributed by atoms with Crippen molar-refractivity contribution >= 4 is 22.1 Å². The van der Waals surface area contributed by atoms with E-state index in [0.717, 1.165) is 11.1 Å². The van der Waals surface area contributed by atoms with Gasteiger partial charge in [0.1, 0.15) is 11.4 Å². The van der Waals surface area contributed by atoms with Crippen molar-refractivity contribution in [2.75, 3.05) is 0 Å². The van der Waals surface area contributed by atoms with Crippen LogP contribution in [0.5, 0.6) is 0 Å². The molecule has 0 bridgehead atoms. The van der Waals surface area contributed by atoms with Gasteiger partial charge >= 0.3 is 0 Å².